The van der Waals surface area contributed by atoms with Gasteiger partial charge in [-0.3, -0.25) is 9.52 Å². The van der Waals surface area contributed by atoms with E-state index in [2.05, 4.69) is 4.72 Å². The Balaban J connectivity index is 1.50. The Morgan fingerprint density at radius 3 is 2.36 bits per heavy atom. The van der Waals surface area contributed by atoms with E-state index >= 15 is 0 Å². The number of amides is 1. The fraction of sp³-hybridized carbons (Fsp3) is 0.400. The van der Waals surface area contributed by atoms with Gasteiger partial charge in [-0.1, -0.05) is 6.92 Å². The number of hydrogen-bond acceptors (Lipinski definition) is 3. The second-order valence-electron chi connectivity index (χ2n) is 9.29. The van der Waals surface area contributed by atoms with Crippen LogP contribution in [0.1, 0.15) is 37.7 Å². The number of fused-ring (bicyclic) bond motifs is 1. The van der Waals surface area contributed by atoms with E-state index in [1.807, 2.05) is 17.8 Å². The number of nitrogens with one attached hydrogen (secondary N) is 1. The van der Waals surface area contributed by atoms with Gasteiger partial charge in [-0.2, -0.15) is 13.2 Å². The van der Waals surface area contributed by atoms with Crippen molar-refractivity contribution in [3.63, 3.8) is 0 Å². The number of carbonyl (C=O) groups is 1. The summed E-state index contributed by atoms with van der Waals surface area (Å²) in [6, 6.07) is 9.73. The third kappa shape index (κ3) is 5.50. The lowest BCUT2D eigenvalue weighted by Gasteiger charge is -2.33. The largest absolute Gasteiger partial charge is 0.392 e. The molecule has 2 aromatic carbocycles. The molecule has 1 aliphatic heterocycles. The van der Waals surface area contributed by atoms with Crippen LogP contribution < -0.4 is 4.72 Å². The molecule has 1 fully saturated rings. The molecule has 1 amide bonds. The number of hydrogen-bond donors (Lipinski definition) is 1. The summed E-state index contributed by atoms with van der Waals surface area (Å²) in [6.45, 7) is 1.74. The van der Waals surface area contributed by atoms with Crippen LogP contribution in [0.25, 0.3) is 10.9 Å². The summed E-state index contributed by atoms with van der Waals surface area (Å²) in [5.74, 6) is -2.64. The number of carbonyl (C=O) groups excluding carboxylic acids is 1. The van der Waals surface area contributed by atoms with Crippen molar-refractivity contribution in [3.05, 3.63) is 60.0 Å². The van der Waals surface area contributed by atoms with E-state index in [1.54, 1.807) is 18.2 Å². The zero-order valence-corrected chi connectivity index (χ0v) is 20.7. The highest BCUT2D eigenvalue weighted by atomic mass is 32.2. The summed E-state index contributed by atoms with van der Waals surface area (Å²) in [5.41, 5.74) is 2.24. The van der Waals surface area contributed by atoms with E-state index in [-0.39, 0.29) is 10.8 Å². The number of piperidine rings is 1. The molecule has 4 rings (SSSR count). The molecule has 0 bridgehead atoms. The predicted molar refractivity (Wildman–Crippen MR) is 129 cm³/mol. The number of anilines is 1. The van der Waals surface area contributed by atoms with Crippen molar-refractivity contribution in [2.75, 3.05) is 17.8 Å². The van der Waals surface area contributed by atoms with Crippen LogP contribution in [0.5, 0.6) is 0 Å². The van der Waals surface area contributed by atoms with Crippen molar-refractivity contribution in [1.82, 2.24) is 9.47 Å². The number of halogens is 4. The van der Waals surface area contributed by atoms with Crippen LogP contribution in [-0.2, 0) is 21.9 Å². The summed E-state index contributed by atoms with van der Waals surface area (Å²) >= 11 is 0. The summed E-state index contributed by atoms with van der Waals surface area (Å²) in [4.78, 5) is 13.8. The summed E-state index contributed by atoms with van der Waals surface area (Å²) < 4.78 is 81.6. The third-order valence-corrected chi connectivity index (χ3v) is 8.12. The van der Waals surface area contributed by atoms with Crippen LogP contribution in [0.4, 0.5) is 23.2 Å². The minimum atomic E-state index is -4.40. The summed E-state index contributed by atoms with van der Waals surface area (Å²) in [5, 5.41) is 0.854. The van der Waals surface area contributed by atoms with E-state index in [9.17, 15) is 30.8 Å². The van der Waals surface area contributed by atoms with Crippen LogP contribution in [0.2, 0.25) is 0 Å². The van der Waals surface area contributed by atoms with Crippen molar-refractivity contribution in [2.45, 2.75) is 43.2 Å². The number of likely N-dealkylation sites (tertiary alicyclic amines) is 1. The Labute approximate surface area is 206 Å². The van der Waals surface area contributed by atoms with Crippen molar-refractivity contribution >= 4 is 32.5 Å². The molecular formula is C25H27F4N3O3S. The van der Waals surface area contributed by atoms with Gasteiger partial charge in [0.2, 0.25) is 5.91 Å². The minimum Gasteiger partial charge on any atom is -0.350 e. The SMILES string of the molecule is CC(CC(=O)N1CCC(c2cn(C)c3ccc(NS(=O)(=O)c4ccc(F)cc4)cc23)CC1)C(F)(F)F. The van der Waals surface area contributed by atoms with E-state index in [0.29, 0.717) is 31.6 Å². The molecule has 3 aromatic rings. The molecule has 0 spiro atoms. The normalized spacial score (nSPS) is 16.3. The van der Waals surface area contributed by atoms with Gasteiger partial charge >= 0.3 is 6.18 Å². The van der Waals surface area contributed by atoms with E-state index in [0.717, 1.165) is 35.5 Å². The number of aryl methyl sites for hydroxylation is 1. The smallest absolute Gasteiger partial charge is 0.350 e. The maximum Gasteiger partial charge on any atom is 0.392 e. The highest BCUT2D eigenvalue weighted by Gasteiger charge is 2.38. The molecule has 0 radical (unpaired) electrons. The molecule has 2 heterocycles. The first kappa shape index (κ1) is 26.0. The van der Waals surface area contributed by atoms with Crippen LogP contribution in [0.15, 0.2) is 53.6 Å². The summed E-state index contributed by atoms with van der Waals surface area (Å²) in [7, 11) is -2.03. The van der Waals surface area contributed by atoms with Gasteiger partial charge in [0, 0.05) is 49.3 Å². The zero-order chi connectivity index (χ0) is 26.3. The van der Waals surface area contributed by atoms with E-state index in [1.165, 1.54) is 17.0 Å². The van der Waals surface area contributed by atoms with Crippen LogP contribution >= 0.6 is 0 Å². The second-order valence-corrected chi connectivity index (χ2v) is 11.0. The average molecular weight is 526 g/mol. The molecule has 36 heavy (non-hydrogen) atoms. The molecule has 1 atom stereocenters. The average Bonchev–Trinajstić information content (AvgIpc) is 3.14. The molecule has 194 valence electrons. The fourth-order valence-corrected chi connectivity index (χ4v) is 5.64. The lowest BCUT2D eigenvalue weighted by atomic mass is 9.89. The lowest BCUT2D eigenvalue weighted by molar-refractivity contribution is -0.176. The first-order valence-corrected chi connectivity index (χ1v) is 13.1. The molecule has 0 saturated carbocycles. The number of benzene rings is 2. The van der Waals surface area contributed by atoms with Gasteiger partial charge in [0.25, 0.3) is 10.0 Å². The first-order chi connectivity index (χ1) is 16.8. The van der Waals surface area contributed by atoms with Gasteiger partial charge in [-0.15, -0.1) is 0 Å². The van der Waals surface area contributed by atoms with Crippen molar-refractivity contribution in [1.29, 1.82) is 0 Å². The molecule has 11 heteroatoms. The number of nitrogens with zero attached hydrogens (tertiary/aromatic N) is 2. The van der Waals surface area contributed by atoms with Gasteiger partial charge in [-0.25, -0.2) is 12.8 Å². The van der Waals surface area contributed by atoms with Gasteiger partial charge in [0.05, 0.1) is 10.8 Å². The number of alkyl halides is 3. The summed E-state index contributed by atoms with van der Waals surface area (Å²) in [6.07, 6.45) is -1.79. The second kappa shape index (κ2) is 9.76. The molecule has 0 aliphatic carbocycles. The Bertz CT molecular complexity index is 1360. The molecule has 1 aromatic heterocycles. The standard InChI is InChI=1S/C25H27F4N3O3S/c1-16(25(27,28)29)13-24(33)32-11-9-17(10-12-32)22-15-31(2)23-8-5-19(14-21(22)23)30-36(34,35)20-6-3-18(26)4-7-20/h3-8,14-17,30H,9-13H2,1-2H3. The molecular weight excluding hydrogens is 498 g/mol. The highest BCUT2D eigenvalue weighted by Crippen LogP contribution is 2.36. The van der Waals surface area contributed by atoms with E-state index in [4.69, 9.17) is 0 Å². The Morgan fingerprint density at radius 1 is 1.11 bits per heavy atom. The van der Waals surface area contributed by atoms with Gasteiger partial charge in [0.15, 0.2) is 0 Å². The van der Waals surface area contributed by atoms with Gasteiger partial charge in [0.1, 0.15) is 5.82 Å². The predicted octanol–water partition coefficient (Wildman–Crippen LogP) is 5.41. The third-order valence-electron chi connectivity index (χ3n) is 6.72. The maximum atomic E-state index is 13.2. The maximum absolute atomic E-state index is 13.2. The van der Waals surface area contributed by atoms with Crippen LogP contribution in [0, 0.1) is 11.7 Å². The monoisotopic (exact) mass is 525 g/mol. The van der Waals surface area contributed by atoms with Gasteiger partial charge < -0.3 is 9.47 Å². The molecule has 1 aliphatic rings. The highest BCUT2D eigenvalue weighted by molar-refractivity contribution is 7.92. The molecule has 6 nitrogen and oxygen atoms in total. The number of sulfonamides is 1. The van der Waals surface area contributed by atoms with E-state index < -0.39 is 40.3 Å². The Morgan fingerprint density at radius 2 is 1.75 bits per heavy atom. The fourth-order valence-electron chi connectivity index (χ4n) is 4.59. The Hall–Kier alpha value is -3.08. The number of rotatable bonds is 6. The van der Waals surface area contributed by atoms with Crippen molar-refractivity contribution in [3.8, 4) is 0 Å². The minimum absolute atomic E-state index is 0.0610. The Kier molecular flexibility index (Phi) is 7.05. The van der Waals surface area contributed by atoms with Crippen LogP contribution in [0.3, 0.4) is 0 Å². The lowest BCUT2D eigenvalue weighted by Crippen LogP contribution is -2.39. The van der Waals surface area contributed by atoms with Crippen molar-refractivity contribution in [2.24, 2.45) is 13.0 Å². The molecule has 1 unspecified atom stereocenters. The zero-order valence-electron chi connectivity index (χ0n) is 19.8. The molecule has 1 N–H and O–H groups in total. The first-order valence-electron chi connectivity index (χ1n) is 11.6. The topological polar surface area (TPSA) is 71.4 Å². The van der Waals surface area contributed by atoms with Gasteiger partial charge in [-0.05, 0) is 66.8 Å². The molecule has 1 saturated heterocycles. The van der Waals surface area contributed by atoms with Crippen LogP contribution in [-0.4, -0.2) is 43.1 Å². The number of aromatic nitrogens is 1. The van der Waals surface area contributed by atoms with Crippen molar-refractivity contribution < 1.29 is 30.8 Å². The quantitative estimate of drug-likeness (QED) is 0.438.